The quantitative estimate of drug-likeness (QED) is 0.435. The second-order valence-electron chi connectivity index (χ2n) is 5.61. The molecular weight excluding hydrogens is 328 g/mol. The van der Waals surface area contributed by atoms with E-state index in [1.807, 2.05) is 13.0 Å². The van der Waals surface area contributed by atoms with Crippen molar-refractivity contribution in [3.63, 3.8) is 0 Å². The Hall–Kier alpha value is -2.57. The average Bonchev–Trinajstić information content (AvgIpc) is 2.53. The van der Waals surface area contributed by atoms with Gasteiger partial charge in [-0.15, -0.1) is 0 Å². The summed E-state index contributed by atoms with van der Waals surface area (Å²) in [7, 11) is -4.35. The lowest BCUT2D eigenvalue weighted by molar-refractivity contribution is 0.342. The molecule has 2 N–H and O–H groups in total. The number of benzene rings is 4. The number of hydrogen-bond donors (Lipinski definition) is 2. The summed E-state index contributed by atoms with van der Waals surface area (Å²) in [5, 5.41) is 14.4. The molecule has 0 heterocycles. The summed E-state index contributed by atoms with van der Waals surface area (Å²) in [4.78, 5) is -0.147. The second kappa shape index (κ2) is 4.96. The van der Waals surface area contributed by atoms with E-state index in [0.717, 1.165) is 16.2 Å². The summed E-state index contributed by atoms with van der Waals surface area (Å²) in [6.07, 6.45) is 0. The molecule has 0 atom stereocenters. The first kappa shape index (κ1) is 15.0. The Morgan fingerprint density at radius 1 is 0.958 bits per heavy atom. The smallest absolute Gasteiger partial charge is 0.295 e. The summed E-state index contributed by atoms with van der Waals surface area (Å²) in [5.74, 6) is 0.603. The van der Waals surface area contributed by atoms with Gasteiger partial charge in [0.1, 0.15) is 16.4 Å². The Balaban J connectivity index is 2.30. The van der Waals surface area contributed by atoms with Crippen LogP contribution in [0.25, 0.3) is 32.3 Å². The third-order valence-electron chi connectivity index (χ3n) is 4.26. The lowest BCUT2D eigenvalue weighted by atomic mass is 9.93. The largest absolute Gasteiger partial charge is 0.507 e. The maximum atomic E-state index is 11.7. The molecule has 0 aliphatic heterocycles. The van der Waals surface area contributed by atoms with Gasteiger partial charge < -0.3 is 9.84 Å². The highest BCUT2D eigenvalue weighted by Crippen LogP contribution is 2.44. The maximum absolute atomic E-state index is 11.7. The van der Waals surface area contributed by atoms with Gasteiger partial charge >= 0.3 is 0 Å². The molecule has 0 aromatic heterocycles. The van der Waals surface area contributed by atoms with E-state index in [2.05, 4.69) is 0 Å². The summed E-state index contributed by atoms with van der Waals surface area (Å²) < 4.78 is 38.5. The maximum Gasteiger partial charge on any atom is 0.295 e. The fourth-order valence-electron chi connectivity index (χ4n) is 3.32. The van der Waals surface area contributed by atoms with E-state index in [1.54, 1.807) is 30.3 Å². The van der Waals surface area contributed by atoms with Crippen molar-refractivity contribution in [2.45, 2.75) is 11.8 Å². The highest BCUT2D eigenvalue weighted by Gasteiger charge is 2.20. The number of rotatable bonds is 3. The van der Waals surface area contributed by atoms with Gasteiger partial charge in [-0.2, -0.15) is 8.42 Å². The van der Waals surface area contributed by atoms with E-state index in [-0.39, 0.29) is 10.6 Å². The van der Waals surface area contributed by atoms with Crippen molar-refractivity contribution in [1.29, 1.82) is 0 Å². The molecule has 0 aliphatic rings. The van der Waals surface area contributed by atoms with Crippen LogP contribution >= 0.6 is 0 Å². The van der Waals surface area contributed by atoms with E-state index in [9.17, 15) is 18.1 Å². The highest BCUT2D eigenvalue weighted by atomic mass is 32.2. The summed E-state index contributed by atoms with van der Waals surface area (Å²) in [6.45, 7) is 2.30. The summed E-state index contributed by atoms with van der Waals surface area (Å²) >= 11 is 0. The van der Waals surface area contributed by atoms with Crippen LogP contribution in [-0.2, 0) is 10.1 Å². The molecule has 0 unspecified atom stereocenters. The van der Waals surface area contributed by atoms with Gasteiger partial charge in [0.25, 0.3) is 10.1 Å². The first-order chi connectivity index (χ1) is 11.4. The monoisotopic (exact) mass is 342 g/mol. The molecule has 0 radical (unpaired) electrons. The average molecular weight is 342 g/mol. The predicted molar refractivity (Wildman–Crippen MR) is 92.8 cm³/mol. The van der Waals surface area contributed by atoms with Gasteiger partial charge in [0.05, 0.1) is 6.61 Å². The van der Waals surface area contributed by atoms with Crippen LogP contribution in [0, 0.1) is 0 Å². The molecule has 0 aliphatic carbocycles. The molecule has 24 heavy (non-hydrogen) atoms. The number of phenolic OH excluding ortho intramolecular Hbond substituents is 1. The van der Waals surface area contributed by atoms with Crippen LogP contribution in [0.1, 0.15) is 6.92 Å². The van der Waals surface area contributed by atoms with Gasteiger partial charge in [-0.3, -0.25) is 4.55 Å². The topological polar surface area (TPSA) is 83.8 Å². The lowest BCUT2D eigenvalue weighted by Crippen LogP contribution is -2.00. The molecule has 0 fully saturated rings. The molecule has 0 amide bonds. The van der Waals surface area contributed by atoms with Crippen molar-refractivity contribution >= 4 is 42.4 Å². The van der Waals surface area contributed by atoms with Crippen molar-refractivity contribution in [2.24, 2.45) is 0 Å². The zero-order valence-corrected chi connectivity index (χ0v) is 13.6. The van der Waals surface area contributed by atoms with Crippen molar-refractivity contribution < 1.29 is 22.8 Å². The molecule has 0 saturated heterocycles. The minimum atomic E-state index is -4.35. The van der Waals surface area contributed by atoms with Crippen molar-refractivity contribution in [3.05, 3.63) is 42.5 Å². The first-order valence-corrected chi connectivity index (χ1v) is 8.89. The number of hydrogen-bond acceptors (Lipinski definition) is 4. The zero-order valence-electron chi connectivity index (χ0n) is 12.8. The fraction of sp³-hybridized carbons (Fsp3) is 0.111. The van der Waals surface area contributed by atoms with Gasteiger partial charge in [-0.1, -0.05) is 18.2 Å². The van der Waals surface area contributed by atoms with Crippen LogP contribution in [0.5, 0.6) is 11.5 Å². The lowest BCUT2D eigenvalue weighted by Gasteiger charge is -2.16. The normalized spacial score (nSPS) is 12.4. The van der Waals surface area contributed by atoms with Crippen LogP contribution < -0.4 is 4.74 Å². The number of aromatic hydroxyl groups is 1. The van der Waals surface area contributed by atoms with E-state index < -0.39 is 10.1 Å². The van der Waals surface area contributed by atoms with Crippen molar-refractivity contribution in [2.75, 3.05) is 6.61 Å². The molecule has 122 valence electrons. The predicted octanol–water partition coefficient (Wildman–Crippen LogP) is 3.94. The Kier molecular flexibility index (Phi) is 3.10. The SMILES string of the molecule is CCOc1cc(O)c2ccc3ccc(S(=O)(=O)O)c4ccc1c2c34. The third-order valence-corrected chi connectivity index (χ3v) is 5.17. The molecule has 4 aromatic rings. The summed E-state index contributed by atoms with van der Waals surface area (Å²) in [5.41, 5.74) is 0. The van der Waals surface area contributed by atoms with Gasteiger partial charge in [0.15, 0.2) is 0 Å². The standard InChI is InChI=1S/C18H14O5S/c1-2-23-15-9-14(19)11-5-3-10-4-8-16(24(20,21)22)13-7-6-12(15)18(11)17(10)13/h3-9,19H,2H2,1H3,(H,20,21,22). The van der Waals surface area contributed by atoms with E-state index >= 15 is 0 Å². The Bertz CT molecular complexity index is 1190. The molecule has 4 aromatic carbocycles. The zero-order chi connectivity index (χ0) is 17.1. The van der Waals surface area contributed by atoms with Crippen LogP contribution in [0.3, 0.4) is 0 Å². The van der Waals surface area contributed by atoms with Gasteiger partial charge in [-0.25, -0.2) is 0 Å². The number of ether oxygens (including phenoxy) is 1. The summed E-state index contributed by atoms with van der Waals surface area (Å²) in [6, 6.07) is 11.6. The Morgan fingerprint density at radius 3 is 2.33 bits per heavy atom. The molecule has 6 heteroatoms. The first-order valence-electron chi connectivity index (χ1n) is 7.45. The minimum absolute atomic E-state index is 0.0672. The van der Waals surface area contributed by atoms with Crippen LogP contribution in [-0.4, -0.2) is 24.7 Å². The van der Waals surface area contributed by atoms with Gasteiger partial charge in [0.2, 0.25) is 0 Å². The fourth-order valence-corrected chi connectivity index (χ4v) is 4.01. The minimum Gasteiger partial charge on any atom is -0.507 e. The molecule has 4 rings (SSSR count). The molecule has 5 nitrogen and oxygen atoms in total. The molecule has 0 bridgehead atoms. The Morgan fingerprint density at radius 2 is 1.62 bits per heavy atom. The molecular formula is C18H14O5S. The van der Waals surface area contributed by atoms with E-state index in [4.69, 9.17) is 4.74 Å². The van der Waals surface area contributed by atoms with Crippen molar-refractivity contribution in [1.82, 2.24) is 0 Å². The Labute approximate surface area is 138 Å². The van der Waals surface area contributed by atoms with Gasteiger partial charge in [0, 0.05) is 27.6 Å². The van der Waals surface area contributed by atoms with Crippen molar-refractivity contribution in [3.8, 4) is 11.5 Å². The third kappa shape index (κ3) is 2.00. The van der Waals surface area contributed by atoms with E-state index in [1.165, 1.54) is 6.07 Å². The second-order valence-corrected chi connectivity index (χ2v) is 7.00. The van der Waals surface area contributed by atoms with Crippen LogP contribution in [0.2, 0.25) is 0 Å². The number of phenols is 1. The van der Waals surface area contributed by atoms with Crippen LogP contribution in [0.4, 0.5) is 0 Å². The van der Waals surface area contributed by atoms with Gasteiger partial charge in [-0.05, 0) is 35.9 Å². The van der Waals surface area contributed by atoms with E-state index in [0.29, 0.717) is 28.5 Å². The highest BCUT2D eigenvalue weighted by molar-refractivity contribution is 7.86. The molecule has 0 saturated carbocycles. The molecule has 0 spiro atoms. The van der Waals surface area contributed by atoms with Crippen LogP contribution in [0.15, 0.2) is 47.4 Å².